The second-order valence-electron chi connectivity index (χ2n) is 4.48. The smallest absolute Gasteiger partial charge is 0.276 e. The summed E-state index contributed by atoms with van der Waals surface area (Å²) in [4.78, 5) is 12.9. The molecule has 2 heterocycles. The van der Waals surface area contributed by atoms with Crippen molar-refractivity contribution in [2.45, 2.75) is 0 Å². The van der Waals surface area contributed by atoms with Crippen molar-refractivity contribution in [2.24, 2.45) is 5.10 Å². The van der Waals surface area contributed by atoms with E-state index in [1.54, 1.807) is 6.07 Å². The van der Waals surface area contributed by atoms with Gasteiger partial charge in [-0.2, -0.15) is 10.2 Å². The average molecular weight is 349 g/mol. The van der Waals surface area contributed by atoms with E-state index in [4.69, 9.17) is 11.6 Å². The molecule has 0 unspecified atom stereocenters. The van der Waals surface area contributed by atoms with Gasteiger partial charge < -0.3 is 0 Å². The highest BCUT2D eigenvalue weighted by molar-refractivity contribution is 7.13. The van der Waals surface area contributed by atoms with Crippen LogP contribution in [0, 0.1) is 5.82 Å². The molecule has 0 saturated carbocycles. The number of carbonyl (C=O) groups excluding carboxylic acids is 1. The van der Waals surface area contributed by atoms with Crippen LogP contribution in [-0.2, 0) is 0 Å². The largest absolute Gasteiger partial charge is 0.291 e. The fraction of sp³-hybridized carbons (Fsp3) is 0. The third kappa shape index (κ3) is 3.46. The maximum Gasteiger partial charge on any atom is 0.291 e. The number of amides is 1. The second-order valence-corrected chi connectivity index (χ2v) is 5.83. The van der Waals surface area contributed by atoms with Gasteiger partial charge in [-0.15, -0.1) is 11.3 Å². The van der Waals surface area contributed by atoms with E-state index in [-0.39, 0.29) is 16.3 Å². The number of halogens is 2. The summed E-state index contributed by atoms with van der Waals surface area (Å²) >= 11 is 7.39. The van der Waals surface area contributed by atoms with Crippen molar-refractivity contribution in [3.63, 3.8) is 0 Å². The monoisotopic (exact) mass is 348 g/mol. The lowest BCUT2D eigenvalue weighted by atomic mass is 10.2. The molecule has 2 aromatic heterocycles. The first-order chi connectivity index (χ1) is 11.1. The standard InChI is InChI=1S/C15H10ClFN4OS/c16-10-3-1-4-11(17)9(10)8-18-21-15(22)13-7-12(19-20-13)14-5-2-6-23-14/h1-8H,(H,19,20)(H,21,22)/b18-8-. The molecule has 0 aliphatic heterocycles. The molecule has 3 rings (SSSR count). The lowest BCUT2D eigenvalue weighted by Crippen LogP contribution is -2.18. The molecule has 1 amide bonds. The van der Waals surface area contributed by atoms with Crippen LogP contribution in [0.2, 0.25) is 5.02 Å². The van der Waals surface area contributed by atoms with Gasteiger partial charge in [-0.05, 0) is 29.6 Å². The van der Waals surface area contributed by atoms with E-state index in [0.717, 1.165) is 16.8 Å². The molecule has 0 fully saturated rings. The van der Waals surface area contributed by atoms with Crippen LogP contribution >= 0.6 is 22.9 Å². The molecular formula is C15H10ClFN4OS. The quantitative estimate of drug-likeness (QED) is 0.557. The Kier molecular flexibility index (Phi) is 4.50. The van der Waals surface area contributed by atoms with Gasteiger partial charge in [0.25, 0.3) is 5.91 Å². The normalized spacial score (nSPS) is 11.0. The minimum Gasteiger partial charge on any atom is -0.276 e. The van der Waals surface area contributed by atoms with Crippen molar-refractivity contribution < 1.29 is 9.18 Å². The summed E-state index contributed by atoms with van der Waals surface area (Å²) in [6.45, 7) is 0. The van der Waals surface area contributed by atoms with Gasteiger partial charge in [0.15, 0.2) is 5.69 Å². The van der Waals surface area contributed by atoms with Crippen LogP contribution < -0.4 is 5.43 Å². The second kappa shape index (κ2) is 6.72. The zero-order chi connectivity index (χ0) is 16.2. The number of H-pyrrole nitrogens is 1. The summed E-state index contributed by atoms with van der Waals surface area (Å²) in [5.74, 6) is -1.02. The number of aromatic amines is 1. The number of hydrazone groups is 1. The minimum atomic E-state index is -0.518. The lowest BCUT2D eigenvalue weighted by Gasteiger charge is -1.99. The van der Waals surface area contributed by atoms with Crippen LogP contribution in [0.5, 0.6) is 0 Å². The molecule has 0 bridgehead atoms. The van der Waals surface area contributed by atoms with Crippen molar-refractivity contribution in [1.29, 1.82) is 0 Å². The van der Waals surface area contributed by atoms with Crippen molar-refractivity contribution in [1.82, 2.24) is 15.6 Å². The first kappa shape index (κ1) is 15.4. The third-order valence-corrected chi connectivity index (χ3v) is 4.19. The molecule has 3 aromatic rings. The molecule has 2 N–H and O–H groups in total. The zero-order valence-electron chi connectivity index (χ0n) is 11.6. The Hall–Kier alpha value is -2.51. The molecule has 0 atom stereocenters. The van der Waals surface area contributed by atoms with E-state index in [0.29, 0.717) is 0 Å². The molecule has 1 aromatic carbocycles. The fourth-order valence-corrected chi connectivity index (χ4v) is 2.75. The number of hydrogen-bond acceptors (Lipinski definition) is 4. The van der Waals surface area contributed by atoms with Crippen LogP contribution in [0.3, 0.4) is 0 Å². The Bertz CT molecular complexity index is 840. The fourth-order valence-electron chi connectivity index (χ4n) is 1.84. The van der Waals surface area contributed by atoms with E-state index >= 15 is 0 Å². The number of nitrogens with zero attached hydrogens (tertiary/aromatic N) is 2. The summed E-state index contributed by atoms with van der Waals surface area (Å²) in [5, 5.41) is 12.6. The maximum absolute atomic E-state index is 13.6. The van der Waals surface area contributed by atoms with Crippen molar-refractivity contribution >= 4 is 35.1 Å². The first-order valence-electron chi connectivity index (χ1n) is 6.52. The van der Waals surface area contributed by atoms with Gasteiger partial charge in [0.1, 0.15) is 5.82 Å². The Morgan fingerprint density at radius 2 is 2.26 bits per heavy atom. The highest BCUT2D eigenvalue weighted by Crippen LogP contribution is 2.22. The predicted octanol–water partition coefficient (Wildman–Crippen LogP) is 3.69. The number of benzene rings is 1. The number of nitrogens with one attached hydrogen (secondary N) is 2. The SMILES string of the molecule is O=C(N/N=C\c1c(F)cccc1Cl)c1cc(-c2cccs2)[nH]n1. The summed E-state index contributed by atoms with van der Waals surface area (Å²) in [5.41, 5.74) is 3.32. The van der Waals surface area contributed by atoms with Gasteiger partial charge in [0.2, 0.25) is 0 Å². The molecular weight excluding hydrogens is 339 g/mol. The Labute approximate surface area is 139 Å². The Morgan fingerprint density at radius 3 is 3.00 bits per heavy atom. The van der Waals surface area contributed by atoms with Crippen LogP contribution in [0.1, 0.15) is 16.1 Å². The number of thiophene rings is 1. The minimum absolute atomic E-state index is 0.107. The highest BCUT2D eigenvalue weighted by Gasteiger charge is 2.11. The predicted molar refractivity (Wildman–Crippen MR) is 88.4 cm³/mol. The number of rotatable bonds is 4. The molecule has 0 aliphatic rings. The van der Waals surface area contributed by atoms with Crippen LogP contribution in [0.4, 0.5) is 4.39 Å². The molecule has 116 valence electrons. The number of carbonyl (C=O) groups is 1. The lowest BCUT2D eigenvalue weighted by molar-refractivity contribution is 0.0950. The highest BCUT2D eigenvalue weighted by atomic mass is 35.5. The molecule has 0 aliphatic carbocycles. The summed E-state index contributed by atoms with van der Waals surface area (Å²) in [6.07, 6.45) is 1.16. The van der Waals surface area contributed by atoms with E-state index in [9.17, 15) is 9.18 Å². The van der Waals surface area contributed by atoms with Gasteiger partial charge in [-0.25, -0.2) is 9.82 Å². The van der Waals surface area contributed by atoms with E-state index in [1.165, 1.54) is 29.5 Å². The Morgan fingerprint density at radius 1 is 1.39 bits per heavy atom. The van der Waals surface area contributed by atoms with Gasteiger partial charge in [-0.1, -0.05) is 23.7 Å². The van der Waals surface area contributed by atoms with E-state index < -0.39 is 11.7 Å². The first-order valence-corrected chi connectivity index (χ1v) is 7.77. The zero-order valence-corrected chi connectivity index (χ0v) is 13.2. The third-order valence-electron chi connectivity index (χ3n) is 2.96. The maximum atomic E-state index is 13.6. The summed E-state index contributed by atoms with van der Waals surface area (Å²) < 4.78 is 13.6. The molecule has 8 heteroatoms. The number of hydrogen-bond donors (Lipinski definition) is 2. The van der Waals surface area contributed by atoms with Gasteiger partial charge in [-0.3, -0.25) is 9.89 Å². The molecule has 23 heavy (non-hydrogen) atoms. The van der Waals surface area contributed by atoms with Gasteiger partial charge in [0, 0.05) is 5.56 Å². The molecule has 0 radical (unpaired) electrons. The Balaban J connectivity index is 1.69. The topological polar surface area (TPSA) is 70.1 Å². The average Bonchev–Trinajstić information content (AvgIpc) is 3.20. The van der Waals surface area contributed by atoms with Crippen molar-refractivity contribution in [3.05, 3.63) is 63.9 Å². The molecule has 0 spiro atoms. The van der Waals surface area contributed by atoms with E-state index in [1.807, 2.05) is 17.5 Å². The van der Waals surface area contributed by atoms with E-state index in [2.05, 4.69) is 20.7 Å². The van der Waals surface area contributed by atoms with Gasteiger partial charge >= 0.3 is 0 Å². The molecule has 5 nitrogen and oxygen atoms in total. The number of aromatic nitrogens is 2. The van der Waals surface area contributed by atoms with Crippen LogP contribution in [0.15, 0.2) is 46.9 Å². The van der Waals surface area contributed by atoms with Crippen molar-refractivity contribution in [2.75, 3.05) is 0 Å². The van der Waals surface area contributed by atoms with Crippen LogP contribution in [-0.4, -0.2) is 22.3 Å². The molecule has 0 saturated heterocycles. The summed E-state index contributed by atoms with van der Waals surface area (Å²) in [6, 6.07) is 9.72. The van der Waals surface area contributed by atoms with Gasteiger partial charge in [0.05, 0.1) is 21.8 Å². The van der Waals surface area contributed by atoms with Crippen molar-refractivity contribution in [3.8, 4) is 10.6 Å². The summed E-state index contributed by atoms with van der Waals surface area (Å²) in [7, 11) is 0. The van der Waals surface area contributed by atoms with Crippen LogP contribution in [0.25, 0.3) is 10.6 Å².